The summed E-state index contributed by atoms with van der Waals surface area (Å²) in [6, 6.07) is 6.36. The van der Waals surface area contributed by atoms with Gasteiger partial charge in [0.05, 0.1) is 11.3 Å². The molecule has 9 heteroatoms. The number of carbonyl (C=O) groups is 3. The van der Waals surface area contributed by atoms with E-state index in [0.29, 0.717) is 33.5 Å². The lowest BCUT2D eigenvalue weighted by Crippen LogP contribution is -2.49. The second kappa shape index (κ2) is 7.09. The fourth-order valence-electron chi connectivity index (χ4n) is 2.58. The zero-order chi connectivity index (χ0) is 18.8. The van der Waals surface area contributed by atoms with E-state index in [0.717, 1.165) is 0 Å². The van der Waals surface area contributed by atoms with Crippen molar-refractivity contribution in [3.8, 4) is 5.75 Å². The number of rotatable bonds is 3. The first-order valence-corrected chi connectivity index (χ1v) is 8.12. The molecule has 0 spiro atoms. The minimum Gasteiger partial charge on any atom is -0.482 e. The maximum atomic E-state index is 12.2. The quantitative estimate of drug-likeness (QED) is 0.793. The number of benzene rings is 1. The van der Waals surface area contributed by atoms with Crippen molar-refractivity contribution in [2.45, 2.75) is 13.8 Å². The van der Waals surface area contributed by atoms with Crippen LogP contribution in [-0.4, -0.2) is 30.9 Å². The Morgan fingerprint density at radius 3 is 2.69 bits per heavy atom. The average Bonchev–Trinajstić information content (AvgIpc) is 2.94. The predicted molar refractivity (Wildman–Crippen MR) is 93.1 cm³/mol. The highest BCUT2D eigenvalue weighted by molar-refractivity contribution is 6.31. The Kier molecular flexibility index (Phi) is 4.85. The van der Waals surface area contributed by atoms with Crippen LogP contribution in [0.5, 0.6) is 5.75 Å². The summed E-state index contributed by atoms with van der Waals surface area (Å²) < 4.78 is 10.6. The molecule has 1 aliphatic rings. The van der Waals surface area contributed by atoms with Gasteiger partial charge in [-0.1, -0.05) is 11.6 Å². The molecule has 0 atom stereocenters. The summed E-state index contributed by atoms with van der Waals surface area (Å²) in [6.45, 7) is 2.90. The van der Waals surface area contributed by atoms with Crippen molar-refractivity contribution in [1.82, 2.24) is 10.9 Å². The first-order valence-electron chi connectivity index (χ1n) is 7.74. The summed E-state index contributed by atoms with van der Waals surface area (Å²) in [6.07, 6.45) is 0. The topological polar surface area (TPSA) is 101 Å². The van der Waals surface area contributed by atoms with Gasteiger partial charge in [-0.25, -0.2) is 0 Å². The van der Waals surface area contributed by atoms with Gasteiger partial charge in [0.25, 0.3) is 17.7 Å². The maximum absolute atomic E-state index is 12.2. The Morgan fingerprint density at radius 1 is 1.23 bits per heavy atom. The minimum atomic E-state index is -0.572. The summed E-state index contributed by atoms with van der Waals surface area (Å²) in [5.74, 6) is 0.0206. The van der Waals surface area contributed by atoms with Crippen molar-refractivity contribution < 1.29 is 23.5 Å². The van der Waals surface area contributed by atoms with Gasteiger partial charge in [0.2, 0.25) is 0 Å². The molecule has 2 aromatic rings. The van der Waals surface area contributed by atoms with Crippen LogP contribution in [0, 0.1) is 13.8 Å². The third-order valence-corrected chi connectivity index (χ3v) is 4.00. The van der Waals surface area contributed by atoms with Crippen LogP contribution in [0.4, 0.5) is 5.69 Å². The summed E-state index contributed by atoms with van der Waals surface area (Å²) in [4.78, 5) is 37.6. The molecule has 1 aromatic carbocycles. The molecule has 3 amide bonds. The highest BCUT2D eigenvalue weighted by atomic mass is 35.5. The van der Waals surface area contributed by atoms with Crippen molar-refractivity contribution in [3.63, 3.8) is 0 Å². The maximum Gasteiger partial charge on any atom is 0.273 e. The van der Waals surface area contributed by atoms with Crippen molar-refractivity contribution in [2.75, 3.05) is 18.1 Å². The Morgan fingerprint density at radius 2 is 2.00 bits per heavy atom. The fraction of sp³-hybridized carbons (Fsp3) is 0.235. The Hall–Kier alpha value is -3.00. The second-order valence-electron chi connectivity index (χ2n) is 5.71. The molecular weight excluding hydrogens is 362 g/mol. The van der Waals surface area contributed by atoms with Crippen LogP contribution in [0.2, 0.25) is 5.02 Å². The number of nitrogens with one attached hydrogen (secondary N) is 2. The van der Waals surface area contributed by atoms with Crippen molar-refractivity contribution in [3.05, 3.63) is 46.4 Å². The number of amides is 3. The molecule has 0 saturated carbocycles. The molecule has 2 N–H and O–H groups in total. The highest BCUT2D eigenvalue weighted by Crippen LogP contribution is 2.34. The molecule has 0 radical (unpaired) electrons. The van der Waals surface area contributed by atoms with Gasteiger partial charge in [-0.05, 0) is 38.1 Å². The van der Waals surface area contributed by atoms with E-state index in [4.69, 9.17) is 20.8 Å². The van der Waals surface area contributed by atoms with E-state index in [1.165, 1.54) is 11.0 Å². The number of hydrogen-bond acceptors (Lipinski definition) is 5. The molecule has 0 unspecified atom stereocenters. The lowest BCUT2D eigenvalue weighted by Gasteiger charge is -2.28. The molecule has 1 aromatic heterocycles. The van der Waals surface area contributed by atoms with Gasteiger partial charge in [0, 0.05) is 5.02 Å². The summed E-state index contributed by atoms with van der Waals surface area (Å²) in [5.41, 5.74) is 5.30. The van der Waals surface area contributed by atoms with Gasteiger partial charge in [-0.2, -0.15) is 0 Å². The molecule has 136 valence electrons. The molecule has 0 bridgehead atoms. The average molecular weight is 378 g/mol. The normalized spacial score (nSPS) is 13.0. The number of halogens is 1. The van der Waals surface area contributed by atoms with Crippen LogP contribution in [0.1, 0.15) is 21.9 Å². The van der Waals surface area contributed by atoms with E-state index < -0.39 is 11.8 Å². The molecular formula is C17H16ClN3O5. The first-order chi connectivity index (χ1) is 12.3. The number of furan rings is 1. The van der Waals surface area contributed by atoms with Gasteiger partial charge in [0.15, 0.2) is 6.61 Å². The largest absolute Gasteiger partial charge is 0.482 e. The molecule has 1 aliphatic heterocycles. The zero-order valence-corrected chi connectivity index (χ0v) is 14.8. The van der Waals surface area contributed by atoms with E-state index >= 15 is 0 Å². The van der Waals surface area contributed by atoms with E-state index in [2.05, 4.69) is 10.9 Å². The van der Waals surface area contributed by atoms with E-state index in [1.807, 2.05) is 0 Å². The SMILES string of the molecule is Cc1cc(C(=O)NNC(=O)CN2C(=O)COc3ccc(Cl)cc32)c(C)o1. The standard InChI is InChI=1S/C17H16ClN3O5/c1-9-5-12(10(2)26-9)17(24)20-19-15(22)7-21-13-6-11(18)3-4-14(13)25-8-16(21)23/h3-6H,7-8H2,1-2H3,(H,19,22)(H,20,24). The van der Waals surface area contributed by atoms with Crippen LogP contribution in [0.15, 0.2) is 28.7 Å². The predicted octanol–water partition coefficient (Wildman–Crippen LogP) is 1.74. The van der Waals surface area contributed by atoms with Gasteiger partial charge < -0.3 is 9.15 Å². The van der Waals surface area contributed by atoms with Gasteiger partial charge in [0.1, 0.15) is 23.8 Å². The molecule has 8 nitrogen and oxygen atoms in total. The van der Waals surface area contributed by atoms with Crippen LogP contribution >= 0.6 is 11.6 Å². The Labute approximate surface area is 154 Å². The summed E-state index contributed by atoms with van der Waals surface area (Å²) in [5, 5.41) is 0.409. The minimum absolute atomic E-state index is 0.179. The molecule has 26 heavy (non-hydrogen) atoms. The van der Waals surface area contributed by atoms with Crippen molar-refractivity contribution >= 4 is 35.0 Å². The molecule has 2 heterocycles. The smallest absolute Gasteiger partial charge is 0.273 e. The van der Waals surface area contributed by atoms with Crippen LogP contribution in [0.3, 0.4) is 0 Å². The van der Waals surface area contributed by atoms with Gasteiger partial charge in [-0.15, -0.1) is 0 Å². The number of hydrazine groups is 1. The monoisotopic (exact) mass is 377 g/mol. The van der Waals surface area contributed by atoms with Crippen LogP contribution in [-0.2, 0) is 9.59 Å². The van der Waals surface area contributed by atoms with Crippen LogP contribution < -0.4 is 20.5 Å². The van der Waals surface area contributed by atoms with Gasteiger partial charge >= 0.3 is 0 Å². The molecule has 3 rings (SSSR count). The number of ether oxygens (including phenoxy) is 1. The number of anilines is 1. The number of carbonyl (C=O) groups excluding carboxylic acids is 3. The van der Waals surface area contributed by atoms with Crippen molar-refractivity contribution in [1.29, 1.82) is 0 Å². The number of hydrogen-bond donors (Lipinski definition) is 2. The second-order valence-corrected chi connectivity index (χ2v) is 6.15. The van der Waals surface area contributed by atoms with Crippen molar-refractivity contribution in [2.24, 2.45) is 0 Å². The molecule has 0 saturated heterocycles. The number of fused-ring (bicyclic) bond motifs is 1. The Bertz CT molecular complexity index is 893. The third kappa shape index (κ3) is 3.65. The van der Waals surface area contributed by atoms with E-state index in [1.54, 1.807) is 32.0 Å². The highest BCUT2D eigenvalue weighted by Gasteiger charge is 2.27. The number of aryl methyl sites for hydroxylation is 2. The fourth-order valence-corrected chi connectivity index (χ4v) is 2.75. The lowest BCUT2D eigenvalue weighted by molar-refractivity contribution is -0.125. The van der Waals surface area contributed by atoms with E-state index in [9.17, 15) is 14.4 Å². The molecule has 0 aliphatic carbocycles. The lowest BCUT2D eigenvalue weighted by atomic mass is 10.2. The first kappa shape index (κ1) is 17.8. The summed E-state index contributed by atoms with van der Waals surface area (Å²) in [7, 11) is 0. The molecule has 0 fully saturated rings. The Balaban J connectivity index is 1.65. The van der Waals surface area contributed by atoms with E-state index in [-0.39, 0.29) is 19.1 Å². The third-order valence-electron chi connectivity index (χ3n) is 3.77. The van der Waals surface area contributed by atoms with Crippen LogP contribution in [0.25, 0.3) is 0 Å². The number of nitrogens with zero attached hydrogens (tertiary/aromatic N) is 1. The zero-order valence-electron chi connectivity index (χ0n) is 14.1. The summed E-state index contributed by atoms with van der Waals surface area (Å²) >= 11 is 5.95. The van der Waals surface area contributed by atoms with Gasteiger partial charge in [-0.3, -0.25) is 30.1 Å².